The molecule has 5 N–H and O–H groups in total. The molecule has 1 aliphatic rings. The van der Waals surface area contributed by atoms with Gasteiger partial charge in [-0.2, -0.15) is 4.98 Å². The first-order valence-electron chi connectivity index (χ1n) is 5.40. The molecular formula is C10H17N5. The van der Waals surface area contributed by atoms with Crippen LogP contribution in [0, 0.1) is 0 Å². The van der Waals surface area contributed by atoms with Crippen molar-refractivity contribution in [3.8, 4) is 0 Å². The van der Waals surface area contributed by atoms with Crippen molar-refractivity contribution in [2.75, 3.05) is 16.8 Å². The van der Waals surface area contributed by atoms with Crippen LogP contribution in [0.2, 0.25) is 0 Å². The fraction of sp³-hybridized carbons (Fsp3) is 0.600. The summed E-state index contributed by atoms with van der Waals surface area (Å²) < 4.78 is 0. The number of nitrogens with zero attached hydrogens (tertiary/aromatic N) is 2. The number of nitrogens with one attached hydrogen (secondary N) is 1. The molecular weight excluding hydrogens is 190 g/mol. The summed E-state index contributed by atoms with van der Waals surface area (Å²) in [6.07, 6.45) is 7.96. The molecule has 1 aromatic rings. The summed E-state index contributed by atoms with van der Waals surface area (Å²) in [6.45, 7) is 0. The minimum absolute atomic E-state index is 0.224. The quantitative estimate of drug-likeness (QED) is 0.681. The average molecular weight is 207 g/mol. The lowest BCUT2D eigenvalue weighted by Crippen LogP contribution is -2.23. The number of aromatic nitrogens is 2. The lowest BCUT2D eigenvalue weighted by Gasteiger charge is -2.24. The van der Waals surface area contributed by atoms with Gasteiger partial charge in [0.25, 0.3) is 0 Å². The number of rotatable bonds is 2. The zero-order valence-electron chi connectivity index (χ0n) is 8.74. The third kappa shape index (κ3) is 2.49. The fourth-order valence-electron chi connectivity index (χ4n) is 1.99. The summed E-state index contributed by atoms with van der Waals surface area (Å²) in [7, 11) is 0. The molecule has 82 valence electrons. The van der Waals surface area contributed by atoms with Crippen LogP contribution in [0.15, 0.2) is 6.20 Å². The summed E-state index contributed by atoms with van der Waals surface area (Å²) >= 11 is 0. The van der Waals surface area contributed by atoms with Gasteiger partial charge in [0.2, 0.25) is 5.95 Å². The highest BCUT2D eigenvalue weighted by Crippen LogP contribution is 2.23. The molecule has 0 radical (unpaired) electrons. The van der Waals surface area contributed by atoms with Crippen molar-refractivity contribution in [3.05, 3.63) is 6.20 Å². The van der Waals surface area contributed by atoms with E-state index in [1.165, 1.54) is 32.1 Å². The maximum absolute atomic E-state index is 5.74. The molecule has 0 amide bonds. The van der Waals surface area contributed by atoms with Crippen LogP contribution in [0.5, 0.6) is 0 Å². The number of hydrogen-bond acceptors (Lipinski definition) is 5. The van der Waals surface area contributed by atoms with Crippen LogP contribution in [0.3, 0.4) is 0 Å². The van der Waals surface area contributed by atoms with Crippen molar-refractivity contribution in [1.82, 2.24) is 9.97 Å². The SMILES string of the molecule is Nc1ncc(NC2CCCCC2)c(N)n1. The highest BCUT2D eigenvalue weighted by molar-refractivity contribution is 5.61. The van der Waals surface area contributed by atoms with E-state index in [1.54, 1.807) is 6.20 Å². The first kappa shape index (κ1) is 10.0. The van der Waals surface area contributed by atoms with Crippen molar-refractivity contribution in [3.63, 3.8) is 0 Å². The molecule has 2 rings (SSSR count). The molecule has 1 saturated carbocycles. The maximum atomic E-state index is 5.74. The van der Waals surface area contributed by atoms with Crippen LogP contribution in [0.25, 0.3) is 0 Å². The van der Waals surface area contributed by atoms with Gasteiger partial charge < -0.3 is 16.8 Å². The summed E-state index contributed by atoms with van der Waals surface area (Å²) in [6, 6.07) is 0.508. The molecule has 0 spiro atoms. The third-order valence-electron chi connectivity index (χ3n) is 2.80. The lowest BCUT2D eigenvalue weighted by atomic mass is 9.95. The average Bonchev–Trinajstić information content (AvgIpc) is 2.24. The Bertz CT molecular complexity index is 333. The van der Waals surface area contributed by atoms with E-state index in [0.717, 1.165) is 5.69 Å². The van der Waals surface area contributed by atoms with Gasteiger partial charge in [-0.3, -0.25) is 0 Å². The number of anilines is 3. The van der Waals surface area contributed by atoms with Gasteiger partial charge in [-0.1, -0.05) is 19.3 Å². The van der Waals surface area contributed by atoms with Gasteiger partial charge >= 0.3 is 0 Å². The van der Waals surface area contributed by atoms with Gasteiger partial charge in [0.15, 0.2) is 5.82 Å². The molecule has 0 aromatic carbocycles. The van der Waals surface area contributed by atoms with Crippen LogP contribution in [0.4, 0.5) is 17.5 Å². The van der Waals surface area contributed by atoms with Gasteiger partial charge in [0.05, 0.1) is 11.9 Å². The summed E-state index contributed by atoms with van der Waals surface area (Å²) in [4.78, 5) is 7.85. The predicted octanol–water partition coefficient (Wildman–Crippen LogP) is 1.39. The van der Waals surface area contributed by atoms with E-state index in [4.69, 9.17) is 11.5 Å². The summed E-state index contributed by atoms with van der Waals surface area (Å²) in [5.74, 6) is 0.662. The maximum Gasteiger partial charge on any atom is 0.222 e. The molecule has 1 heterocycles. The summed E-state index contributed by atoms with van der Waals surface area (Å²) in [5.41, 5.74) is 12.0. The Balaban J connectivity index is 2.03. The molecule has 0 aliphatic heterocycles. The minimum atomic E-state index is 0.224. The van der Waals surface area contributed by atoms with Crippen molar-refractivity contribution in [2.24, 2.45) is 0 Å². The minimum Gasteiger partial charge on any atom is -0.382 e. The largest absolute Gasteiger partial charge is 0.382 e. The topological polar surface area (TPSA) is 89.8 Å². The molecule has 0 bridgehead atoms. The zero-order chi connectivity index (χ0) is 10.7. The molecule has 5 nitrogen and oxygen atoms in total. The Kier molecular flexibility index (Phi) is 2.89. The third-order valence-corrected chi connectivity index (χ3v) is 2.80. The Morgan fingerprint density at radius 3 is 2.60 bits per heavy atom. The van der Waals surface area contributed by atoms with Crippen molar-refractivity contribution in [1.29, 1.82) is 0 Å². The first-order valence-corrected chi connectivity index (χ1v) is 5.40. The Morgan fingerprint density at radius 1 is 1.20 bits per heavy atom. The van der Waals surface area contributed by atoms with Crippen molar-refractivity contribution in [2.45, 2.75) is 38.1 Å². The number of nitrogens with two attached hydrogens (primary N) is 2. The normalized spacial score (nSPS) is 17.6. The van der Waals surface area contributed by atoms with E-state index in [2.05, 4.69) is 15.3 Å². The van der Waals surface area contributed by atoms with E-state index in [-0.39, 0.29) is 5.95 Å². The van der Waals surface area contributed by atoms with E-state index in [9.17, 15) is 0 Å². The van der Waals surface area contributed by atoms with Crippen LogP contribution >= 0.6 is 0 Å². The van der Waals surface area contributed by atoms with Crippen LogP contribution in [0.1, 0.15) is 32.1 Å². The first-order chi connectivity index (χ1) is 7.25. The Labute approximate surface area is 89.3 Å². The second-order valence-electron chi connectivity index (χ2n) is 4.01. The van der Waals surface area contributed by atoms with Gasteiger partial charge in [-0.05, 0) is 12.8 Å². The highest BCUT2D eigenvalue weighted by atomic mass is 15.1. The smallest absolute Gasteiger partial charge is 0.222 e. The molecule has 0 atom stereocenters. The van der Waals surface area contributed by atoms with Crippen molar-refractivity contribution < 1.29 is 0 Å². The van der Waals surface area contributed by atoms with Crippen LogP contribution in [-0.4, -0.2) is 16.0 Å². The molecule has 5 heteroatoms. The fourth-order valence-corrected chi connectivity index (χ4v) is 1.99. The lowest BCUT2D eigenvalue weighted by molar-refractivity contribution is 0.462. The standard InChI is InChI=1S/C10H17N5/c11-9-8(6-13-10(12)15-9)14-7-4-2-1-3-5-7/h6-7,14H,1-5H2,(H4,11,12,13,15). The number of hydrogen-bond donors (Lipinski definition) is 3. The monoisotopic (exact) mass is 207 g/mol. The number of nitrogen functional groups attached to an aromatic ring is 2. The van der Waals surface area contributed by atoms with Crippen LogP contribution in [-0.2, 0) is 0 Å². The van der Waals surface area contributed by atoms with Gasteiger partial charge in [-0.25, -0.2) is 4.98 Å². The second kappa shape index (κ2) is 4.33. The van der Waals surface area contributed by atoms with Gasteiger partial charge in [0.1, 0.15) is 0 Å². The van der Waals surface area contributed by atoms with E-state index >= 15 is 0 Å². The van der Waals surface area contributed by atoms with E-state index < -0.39 is 0 Å². The van der Waals surface area contributed by atoms with Gasteiger partial charge in [0, 0.05) is 6.04 Å². The van der Waals surface area contributed by atoms with Crippen LogP contribution < -0.4 is 16.8 Å². The molecule has 15 heavy (non-hydrogen) atoms. The second-order valence-corrected chi connectivity index (χ2v) is 4.01. The molecule has 1 aromatic heterocycles. The van der Waals surface area contributed by atoms with E-state index in [1.807, 2.05) is 0 Å². The Morgan fingerprint density at radius 2 is 1.93 bits per heavy atom. The van der Waals surface area contributed by atoms with Crippen molar-refractivity contribution >= 4 is 17.5 Å². The summed E-state index contributed by atoms with van der Waals surface area (Å²) in [5, 5.41) is 3.37. The Hall–Kier alpha value is -1.52. The van der Waals surface area contributed by atoms with Gasteiger partial charge in [-0.15, -0.1) is 0 Å². The molecule has 0 saturated heterocycles. The highest BCUT2D eigenvalue weighted by Gasteiger charge is 2.14. The molecule has 1 fully saturated rings. The molecule has 1 aliphatic carbocycles. The van der Waals surface area contributed by atoms with E-state index in [0.29, 0.717) is 11.9 Å². The molecule has 0 unspecified atom stereocenters. The zero-order valence-corrected chi connectivity index (χ0v) is 8.74. The predicted molar refractivity (Wildman–Crippen MR) is 61.4 cm³/mol.